The Morgan fingerprint density at radius 3 is 2.70 bits per heavy atom. The van der Waals surface area contributed by atoms with E-state index in [-0.39, 0.29) is 30.1 Å². The van der Waals surface area contributed by atoms with Gasteiger partial charge in [-0.2, -0.15) is 4.52 Å². The number of nitrogen functional groups attached to an aromatic ring is 1. The third-order valence-electron chi connectivity index (χ3n) is 6.00. The summed E-state index contributed by atoms with van der Waals surface area (Å²) in [6.07, 6.45) is 0.0630. The van der Waals surface area contributed by atoms with Crippen molar-refractivity contribution in [1.82, 2.24) is 24.5 Å². The van der Waals surface area contributed by atoms with Crippen LogP contribution < -0.4 is 15.4 Å². The fraction of sp³-hybridized carbons (Fsp3) is 0.304. The monoisotopic (exact) mass is 449 g/mol. The smallest absolute Gasteiger partial charge is 0.230 e. The molecule has 170 valence electrons. The molecule has 33 heavy (non-hydrogen) atoms. The quantitative estimate of drug-likeness (QED) is 0.510. The SMILES string of the molecule is COc1cccc2c1nc(N)n1nc(CC(=O)N3CCN(c4ccc(F)cc4)CC3C)nc21. The Labute approximate surface area is 189 Å². The molecular formula is C23H24FN7O2. The molecule has 1 aliphatic rings. The van der Waals surface area contributed by atoms with Gasteiger partial charge in [-0.05, 0) is 43.3 Å². The van der Waals surface area contributed by atoms with E-state index >= 15 is 0 Å². The van der Waals surface area contributed by atoms with E-state index in [9.17, 15) is 9.18 Å². The lowest BCUT2D eigenvalue weighted by molar-refractivity contribution is -0.132. The summed E-state index contributed by atoms with van der Waals surface area (Å²) in [5, 5.41) is 5.18. The summed E-state index contributed by atoms with van der Waals surface area (Å²) in [7, 11) is 1.57. The highest BCUT2D eigenvalue weighted by Gasteiger charge is 2.28. The zero-order valence-corrected chi connectivity index (χ0v) is 18.4. The molecule has 1 fully saturated rings. The largest absolute Gasteiger partial charge is 0.494 e. The van der Waals surface area contributed by atoms with Crippen LogP contribution in [0, 0.1) is 5.82 Å². The van der Waals surface area contributed by atoms with Gasteiger partial charge in [0.05, 0.1) is 13.5 Å². The van der Waals surface area contributed by atoms with Gasteiger partial charge in [-0.3, -0.25) is 4.79 Å². The van der Waals surface area contributed by atoms with E-state index in [1.807, 2.05) is 24.0 Å². The second-order valence-corrected chi connectivity index (χ2v) is 8.13. The molecule has 1 unspecified atom stereocenters. The number of halogens is 1. The molecule has 1 saturated heterocycles. The van der Waals surface area contributed by atoms with Crippen molar-refractivity contribution in [1.29, 1.82) is 0 Å². The number of hydrogen-bond donors (Lipinski definition) is 1. The number of rotatable bonds is 4. The van der Waals surface area contributed by atoms with Crippen LogP contribution in [0.25, 0.3) is 16.6 Å². The lowest BCUT2D eigenvalue weighted by atomic mass is 10.1. The molecule has 0 radical (unpaired) electrons. The lowest BCUT2D eigenvalue weighted by Gasteiger charge is -2.41. The summed E-state index contributed by atoms with van der Waals surface area (Å²) in [6, 6.07) is 11.9. The van der Waals surface area contributed by atoms with E-state index in [0.717, 1.165) is 11.1 Å². The maximum Gasteiger partial charge on any atom is 0.230 e. The Morgan fingerprint density at radius 2 is 1.97 bits per heavy atom. The van der Waals surface area contributed by atoms with E-state index in [4.69, 9.17) is 10.5 Å². The van der Waals surface area contributed by atoms with Crippen molar-refractivity contribution < 1.29 is 13.9 Å². The summed E-state index contributed by atoms with van der Waals surface area (Å²) in [6.45, 7) is 3.90. The zero-order valence-electron chi connectivity index (χ0n) is 18.4. The van der Waals surface area contributed by atoms with Crippen molar-refractivity contribution in [2.75, 3.05) is 37.4 Å². The molecule has 0 spiro atoms. The second-order valence-electron chi connectivity index (χ2n) is 8.13. The van der Waals surface area contributed by atoms with Gasteiger partial charge in [0, 0.05) is 36.7 Å². The first-order chi connectivity index (χ1) is 15.9. The Balaban J connectivity index is 1.35. The number of anilines is 2. The van der Waals surface area contributed by atoms with Gasteiger partial charge >= 0.3 is 0 Å². The maximum absolute atomic E-state index is 13.2. The predicted molar refractivity (Wildman–Crippen MR) is 123 cm³/mol. The van der Waals surface area contributed by atoms with Crippen LogP contribution in [0.5, 0.6) is 5.75 Å². The van der Waals surface area contributed by atoms with Crippen molar-refractivity contribution in [3.05, 3.63) is 54.1 Å². The molecule has 2 aromatic heterocycles. The third kappa shape index (κ3) is 3.77. The van der Waals surface area contributed by atoms with E-state index in [0.29, 0.717) is 42.4 Å². The number of methoxy groups -OCH3 is 1. The minimum absolute atomic E-state index is 0.00911. The van der Waals surface area contributed by atoms with Gasteiger partial charge in [-0.1, -0.05) is 6.07 Å². The van der Waals surface area contributed by atoms with E-state index < -0.39 is 0 Å². The number of amides is 1. The average molecular weight is 449 g/mol. The number of carbonyl (C=O) groups excluding carboxylic acids is 1. The van der Waals surface area contributed by atoms with Crippen LogP contribution in [-0.4, -0.2) is 63.2 Å². The van der Waals surface area contributed by atoms with Crippen LogP contribution in [0.3, 0.4) is 0 Å². The highest BCUT2D eigenvalue weighted by Crippen LogP contribution is 2.27. The van der Waals surface area contributed by atoms with Crippen LogP contribution in [0.1, 0.15) is 12.7 Å². The van der Waals surface area contributed by atoms with Crippen LogP contribution in [0.4, 0.5) is 16.0 Å². The predicted octanol–water partition coefficient (Wildman–Crippen LogP) is 2.29. The fourth-order valence-electron chi connectivity index (χ4n) is 4.36. The van der Waals surface area contributed by atoms with Crippen molar-refractivity contribution in [2.24, 2.45) is 0 Å². The lowest BCUT2D eigenvalue weighted by Crippen LogP contribution is -2.54. The third-order valence-corrected chi connectivity index (χ3v) is 6.00. The number of nitrogens with zero attached hydrogens (tertiary/aromatic N) is 6. The Hall–Kier alpha value is -3.95. The molecular weight excluding hydrogens is 425 g/mol. The number of carbonyl (C=O) groups is 1. The number of hydrogen-bond acceptors (Lipinski definition) is 7. The number of aromatic nitrogens is 4. The molecule has 1 atom stereocenters. The van der Waals surface area contributed by atoms with Gasteiger partial charge in [0.15, 0.2) is 11.5 Å². The first-order valence-electron chi connectivity index (χ1n) is 10.7. The summed E-state index contributed by atoms with van der Waals surface area (Å²) >= 11 is 0. The molecule has 5 rings (SSSR count). The molecule has 0 bridgehead atoms. The molecule has 3 heterocycles. The molecule has 10 heteroatoms. The van der Waals surface area contributed by atoms with E-state index in [1.165, 1.54) is 16.6 Å². The second kappa shape index (κ2) is 8.19. The van der Waals surface area contributed by atoms with Crippen LogP contribution in [0.2, 0.25) is 0 Å². The van der Waals surface area contributed by atoms with Crippen molar-refractivity contribution >= 4 is 34.1 Å². The molecule has 2 aromatic carbocycles. The first-order valence-corrected chi connectivity index (χ1v) is 10.7. The Morgan fingerprint density at radius 1 is 1.18 bits per heavy atom. The molecule has 1 aliphatic heterocycles. The summed E-state index contributed by atoms with van der Waals surface area (Å²) in [5.41, 5.74) is 8.18. The highest BCUT2D eigenvalue weighted by atomic mass is 19.1. The number of piperazine rings is 1. The zero-order chi connectivity index (χ0) is 23.1. The van der Waals surface area contributed by atoms with Gasteiger partial charge in [0.25, 0.3) is 0 Å². The Bertz CT molecular complexity index is 1340. The fourth-order valence-corrected chi connectivity index (χ4v) is 4.36. The van der Waals surface area contributed by atoms with Gasteiger partial charge in [-0.25, -0.2) is 14.4 Å². The highest BCUT2D eigenvalue weighted by molar-refractivity contribution is 5.96. The number of ether oxygens (including phenoxy) is 1. The molecule has 4 aromatic rings. The van der Waals surface area contributed by atoms with Crippen LogP contribution >= 0.6 is 0 Å². The Kier molecular flexibility index (Phi) is 5.20. The topological polar surface area (TPSA) is 102 Å². The van der Waals surface area contributed by atoms with E-state index in [1.54, 1.807) is 25.3 Å². The van der Waals surface area contributed by atoms with Gasteiger partial charge in [0.1, 0.15) is 17.1 Å². The molecule has 0 aliphatic carbocycles. The number of benzene rings is 2. The summed E-state index contributed by atoms with van der Waals surface area (Å²) < 4.78 is 20.1. The minimum Gasteiger partial charge on any atom is -0.494 e. The number of nitrogens with two attached hydrogens (primary N) is 1. The summed E-state index contributed by atoms with van der Waals surface area (Å²) in [4.78, 5) is 26.1. The van der Waals surface area contributed by atoms with Crippen molar-refractivity contribution in [3.63, 3.8) is 0 Å². The normalized spacial score (nSPS) is 16.5. The first kappa shape index (κ1) is 20.9. The maximum atomic E-state index is 13.2. The summed E-state index contributed by atoms with van der Waals surface area (Å²) in [5.74, 6) is 0.842. The molecule has 1 amide bonds. The standard InChI is InChI=1S/C23H24FN7O2/c1-14-13-29(16-8-6-15(24)7-9-16)10-11-30(14)20(32)12-19-26-22-17-4-3-5-18(33-2)21(17)27-23(25)31(22)28-19/h3-9,14H,10-13H2,1-2H3,(H2,25,27). The van der Waals surface area contributed by atoms with Crippen LogP contribution in [0.15, 0.2) is 42.5 Å². The van der Waals surface area contributed by atoms with Crippen molar-refractivity contribution in [2.45, 2.75) is 19.4 Å². The van der Waals surface area contributed by atoms with Crippen LogP contribution in [-0.2, 0) is 11.2 Å². The average Bonchev–Trinajstić information content (AvgIpc) is 3.24. The van der Waals surface area contributed by atoms with Gasteiger partial charge in [0.2, 0.25) is 11.9 Å². The minimum atomic E-state index is -0.261. The molecule has 0 saturated carbocycles. The van der Waals surface area contributed by atoms with Gasteiger partial charge in [-0.15, -0.1) is 5.10 Å². The number of para-hydroxylation sites is 1. The number of fused-ring (bicyclic) bond motifs is 3. The van der Waals surface area contributed by atoms with Gasteiger partial charge < -0.3 is 20.3 Å². The molecule has 2 N–H and O–H groups in total. The molecule has 9 nitrogen and oxygen atoms in total. The van der Waals surface area contributed by atoms with E-state index in [2.05, 4.69) is 20.0 Å². The van der Waals surface area contributed by atoms with Crippen molar-refractivity contribution in [3.8, 4) is 5.75 Å².